The minimum atomic E-state index is -2.89. The zero-order chi connectivity index (χ0) is 13.0. The van der Waals surface area contributed by atoms with E-state index in [1.165, 1.54) is 0 Å². The minimum Gasteiger partial charge on any atom is -0.308 e. The zero-order valence-corrected chi connectivity index (χ0v) is 12.7. The smallest absolute Gasteiger partial charge is 0.308 e. The second kappa shape index (κ2) is 5.66. The standard InChI is InChI=1S/C12H27O3P/c1-8-16(13,14-9-11(2,3)4)15-10-12(5,6)7/h8-10H2,1-7H3. The molecule has 0 aliphatic heterocycles. The first-order chi connectivity index (χ1) is 6.97. The molecule has 0 aromatic heterocycles. The van der Waals surface area contributed by atoms with Crippen LogP contribution in [0.15, 0.2) is 0 Å². The lowest BCUT2D eigenvalue weighted by atomic mass is 9.99. The SMILES string of the molecule is CCP(=O)(OCC(C)(C)C)OCC(C)(C)C. The lowest BCUT2D eigenvalue weighted by molar-refractivity contribution is 0.124. The van der Waals surface area contributed by atoms with Gasteiger partial charge >= 0.3 is 7.60 Å². The third-order valence-corrected chi connectivity index (χ3v) is 3.60. The number of hydrogen-bond acceptors (Lipinski definition) is 3. The Bertz CT molecular complexity index is 226. The maximum absolute atomic E-state index is 12.2. The van der Waals surface area contributed by atoms with Gasteiger partial charge in [-0.15, -0.1) is 0 Å². The fourth-order valence-electron chi connectivity index (χ4n) is 0.804. The molecule has 0 aromatic rings. The fourth-order valence-corrected chi connectivity index (χ4v) is 2.41. The Morgan fingerprint density at radius 3 is 1.38 bits per heavy atom. The van der Waals surface area contributed by atoms with E-state index in [0.717, 1.165) is 0 Å². The van der Waals surface area contributed by atoms with Crippen molar-refractivity contribution in [2.75, 3.05) is 19.4 Å². The van der Waals surface area contributed by atoms with E-state index >= 15 is 0 Å². The molecule has 0 unspecified atom stereocenters. The third-order valence-electron chi connectivity index (χ3n) is 1.78. The van der Waals surface area contributed by atoms with Crippen molar-refractivity contribution in [3.8, 4) is 0 Å². The highest BCUT2D eigenvalue weighted by molar-refractivity contribution is 7.53. The summed E-state index contributed by atoms with van der Waals surface area (Å²) in [5.41, 5.74) is 0.0197. The first-order valence-corrected chi connectivity index (χ1v) is 7.58. The first-order valence-electron chi connectivity index (χ1n) is 5.86. The molecule has 4 heteroatoms. The molecule has 0 aromatic carbocycles. The zero-order valence-electron chi connectivity index (χ0n) is 11.8. The van der Waals surface area contributed by atoms with Crippen LogP contribution < -0.4 is 0 Å². The van der Waals surface area contributed by atoms with Gasteiger partial charge in [0, 0.05) is 6.16 Å². The molecule has 16 heavy (non-hydrogen) atoms. The molecule has 0 N–H and O–H groups in total. The van der Waals surface area contributed by atoms with Crippen LogP contribution in [0.3, 0.4) is 0 Å². The molecule has 0 fully saturated rings. The second-order valence-electron chi connectivity index (χ2n) is 6.60. The average molecular weight is 250 g/mol. The van der Waals surface area contributed by atoms with Gasteiger partial charge in [0.1, 0.15) is 0 Å². The fraction of sp³-hybridized carbons (Fsp3) is 1.00. The van der Waals surface area contributed by atoms with Gasteiger partial charge in [-0.2, -0.15) is 0 Å². The quantitative estimate of drug-likeness (QED) is 0.681. The predicted octanol–water partition coefficient (Wildman–Crippen LogP) is 4.32. The normalized spacial score (nSPS) is 14.2. The van der Waals surface area contributed by atoms with E-state index in [0.29, 0.717) is 19.4 Å². The van der Waals surface area contributed by atoms with E-state index in [2.05, 4.69) is 41.5 Å². The lowest BCUT2D eigenvalue weighted by Gasteiger charge is -2.26. The van der Waals surface area contributed by atoms with Crippen LogP contribution in [0.25, 0.3) is 0 Å². The molecular formula is C12H27O3P. The van der Waals surface area contributed by atoms with Crippen LogP contribution in [0, 0.1) is 10.8 Å². The molecule has 0 aliphatic carbocycles. The summed E-state index contributed by atoms with van der Waals surface area (Å²) >= 11 is 0. The van der Waals surface area contributed by atoms with Gasteiger partial charge in [-0.1, -0.05) is 48.5 Å². The molecule has 0 aliphatic rings. The molecule has 0 bridgehead atoms. The van der Waals surface area contributed by atoms with E-state index < -0.39 is 7.60 Å². The largest absolute Gasteiger partial charge is 0.330 e. The van der Waals surface area contributed by atoms with Crippen molar-refractivity contribution in [3.05, 3.63) is 0 Å². The van der Waals surface area contributed by atoms with Crippen LogP contribution in [-0.4, -0.2) is 19.4 Å². The predicted molar refractivity (Wildman–Crippen MR) is 69.0 cm³/mol. The molecular weight excluding hydrogens is 223 g/mol. The number of rotatable bonds is 5. The highest BCUT2D eigenvalue weighted by Crippen LogP contribution is 2.49. The van der Waals surface area contributed by atoms with Crippen molar-refractivity contribution in [2.45, 2.75) is 48.5 Å². The van der Waals surface area contributed by atoms with Crippen molar-refractivity contribution in [3.63, 3.8) is 0 Å². The Balaban J connectivity index is 4.28. The summed E-state index contributed by atoms with van der Waals surface area (Å²) in [7, 11) is -2.89. The lowest BCUT2D eigenvalue weighted by Crippen LogP contribution is -2.18. The Morgan fingerprint density at radius 2 is 1.19 bits per heavy atom. The van der Waals surface area contributed by atoms with Gasteiger partial charge < -0.3 is 9.05 Å². The molecule has 0 rings (SSSR count). The summed E-state index contributed by atoms with van der Waals surface area (Å²) in [5.74, 6) is 0. The van der Waals surface area contributed by atoms with Crippen LogP contribution in [0.5, 0.6) is 0 Å². The Labute approximate surface area is 100 Å². The first kappa shape index (κ1) is 16.1. The van der Waals surface area contributed by atoms with Crippen LogP contribution in [0.1, 0.15) is 48.5 Å². The molecule has 0 saturated heterocycles. The Kier molecular flexibility index (Phi) is 5.71. The van der Waals surface area contributed by atoms with Gasteiger partial charge in [-0.05, 0) is 10.8 Å². The highest BCUT2D eigenvalue weighted by atomic mass is 31.2. The summed E-state index contributed by atoms with van der Waals surface area (Å²) in [6, 6.07) is 0. The Hall–Kier alpha value is 0.150. The summed E-state index contributed by atoms with van der Waals surface area (Å²) in [5, 5.41) is 0. The van der Waals surface area contributed by atoms with Crippen LogP contribution in [0.4, 0.5) is 0 Å². The van der Waals surface area contributed by atoms with Crippen molar-refractivity contribution < 1.29 is 13.6 Å². The summed E-state index contributed by atoms with van der Waals surface area (Å²) < 4.78 is 23.2. The van der Waals surface area contributed by atoms with Crippen molar-refractivity contribution in [1.82, 2.24) is 0 Å². The molecule has 0 amide bonds. The maximum atomic E-state index is 12.2. The van der Waals surface area contributed by atoms with Gasteiger partial charge in [0.05, 0.1) is 13.2 Å². The van der Waals surface area contributed by atoms with E-state index in [4.69, 9.17) is 9.05 Å². The summed E-state index contributed by atoms with van der Waals surface area (Å²) in [6.45, 7) is 15.1. The molecule has 98 valence electrons. The van der Waals surface area contributed by atoms with Crippen molar-refractivity contribution in [1.29, 1.82) is 0 Å². The summed E-state index contributed by atoms with van der Waals surface area (Å²) in [4.78, 5) is 0. The number of hydrogen-bond donors (Lipinski definition) is 0. The monoisotopic (exact) mass is 250 g/mol. The third kappa shape index (κ3) is 8.32. The van der Waals surface area contributed by atoms with Gasteiger partial charge in [0.2, 0.25) is 0 Å². The molecule has 3 nitrogen and oxygen atoms in total. The molecule has 0 saturated carbocycles. The molecule has 0 radical (unpaired) electrons. The van der Waals surface area contributed by atoms with Gasteiger partial charge in [0.25, 0.3) is 0 Å². The topological polar surface area (TPSA) is 35.5 Å². The molecule has 0 atom stereocenters. The van der Waals surface area contributed by atoms with Crippen LogP contribution in [0.2, 0.25) is 0 Å². The van der Waals surface area contributed by atoms with Gasteiger partial charge in [-0.3, -0.25) is 4.57 Å². The molecule has 0 heterocycles. The second-order valence-corrected chi connectivity index (χ2v) is 8.97. The van der Waals surface area contributed by atoms with E-state index in [1.54, 1.807) is 0 Å². The van der Waals surface area contributed by atoms with E-state index in [9.17, 15) is 4.57 Å². The van der Waals surface area contributed by atoms with E-state index in [-0.39, 0.29) is 10.8 Å². The highest BCUT2D eigenvalue weighted by Gasteiger charge is 2.27. The summed E-state index contributed by atoms with van der Waals surface area (Å²) in [6.07, 6.45) is 0.430. The van der Waals surface area contributed by atoms with Crippen LogP contribution >= 0.6 is 7.60 Å². The molecule has 0 spiro atoms. The van der Waals surface area contributed by atoms with Crippen LogP contribution in [-0.2, 0) is 13.6 Å². The Morgan fingerprint density at radius 1 is 0.875 bits per heavy atom. The van der Waals surface area contributed by atoms with Crippen molar-refractivity contribution >= 4 is 7.60 Å². The van der Waals surface area contributed by atoms with Crippen molar-refractivity contribution in [2.24, 2.45) is 10.8 Å². The minimum absolute atomic E-state index is 0.00984. The maximum Gasteiger partial charge on any atom is 0.330 e. The van der Waals surface area contributed by atoms with E-state index in [1.807, 2.05) is 6.92 Å². The van der Waals surface area contributed by atoms with Gasteiger partial charge in [-0.25, -0.2) is 0 Å². The van der Waals surface area contributed by atoms with Gasteiger partial charge in [0.15, 0.2) is 0 Å². The average Bonchev–Trinajstić information content (AvgIpc) is 2.09.